The largest absolute Gasteiger partial charge is 0.402 e. The van der Waals surface area contributed by atoms with Crippen LogP contribution >= 0.6 is 0 Å². The number of aliphatic imine (C=N–C) groups is 1. The van der Waals surface area contributed by atoms with E-state index in [1.54, 1.807) is 6.07 Å². The van der Waals surface area contributed by atoms with Crippen molar-refractivity contribution in [2.45, 2.75) is 12.8 Å². The molecular formula is C18H12FNO2. The molecule has 0 saturated carbocycles. The Morgan fingerprint density at radius 2 is 1.86 bits per heavy atom. The number of halogens is 1. The molecule has 0 fully saturated rings. The molecule has 0 saturated heterocycles. The van der Waals surface area contributed by atoms with E-state index < -0.39 is 5.97 Å². The minimum Gasteiger partial charge on any atom is -0.402 e. The lowest BCUT2D eigenvalue weighted by atomic mass is 10.1. The lowest BCUT2D eigenvalue weighted by molar-refractivity contribution is -0.129. The van der Waals surface area contributed by atoms with Crippen molar-refractivity contribution in [3.05, 3.63) is 76.7 Å². The lowest BCUT2D eigenvalue weighted by Gasteiger charge is -2.01. The Morgan fingerprint density at radius 1 is 1.05 bits per heavy atom. The molecular weight excluding hydrogens is 281 g/mol. The van der Waals surface area contributed by atoms with E-state index in [0.29, 0.717) is 18.0 Å². The second-order valence-corrected chi connectivity index (χ2v) is 5.30. The number of hydrogen-bond acceptors (Lipinski definition) is 3. The Kier molecular flexibility index (Phi) is 2.89. The average Bonchev–Trinajstić information content (AvgIpc) is 3.11. The molecule has 1 aliphatic carbocycles. The van der Waals surface area contributed by atoms with Crippen molar-refractivity contribution in [2.24, 2.45) is 4.99 Å². The highest BCUT2D eigenvalue weighted by atomic mass is 19.1. The van der Waals surface area contributed by atoms with E-state index in [1.165, 1.54) is 12.1 Å². The number of ether oxygens (including phenoxy) is 1. The molecule has 22 heavy (non-hydrogen) atoms. The maximum Gasteiger partial charge on any atom is 0.364 e. The Balaban J connectivity index is 1.81. The highest BCUT2D eigenvalue weighted by molar-refractivity contribution is 6.14. The molecule has 0 N–H and O–H groups in total. The normalized spacial score (nSPS) is 19.9. The Morgan fingerprint density at radius 3 is 2.68 bits per heavy atom. The van der Waals surface area contributed by atoms with Gasteiger partial charge in [-0.15, -0.1) is 0 Å². The smallest absolute Gasteiger partial charge is 0.364 e. The molecule has 0 aromatic heterocycles. The van der Waals surface area contributed by atoms with E-state index in [4.69, 9.17) is 4.74 Å². The summed E-state index contributed by atoms with van der Waals surface area (Å²) in [6, 6.07) is 14.0. The monoisotopic (exact) mass is 293 g/mol. The molecule has 2 aromatic carbocycles. The number of benzene rings is 2. The molecule has 108 valence electrons. The summed E-state index contributed by atoms with van der Waals surface area (Å²) in [6.45, 7) is 0. The van der Waals surface area contributed by atoms with Crippen LogP contribution in [0, 0.1) is 5.82 Å². The quantitative estimate of drug-likeness (QED) is 0.596. The lowest BCUT2D eigenvalue weighted by Crippen LogP contribution is -2.05. The number of allylic oxidation sites excluding steroid dienone is 1. The third-order valence-corrected chi connectivity index (χ3v) is 3.94. The standard InChI is InChI=1S/C18H12FNO2/c19-13-7-9-14-12(10-13)6-8-15(14)16-18(21)22-17(20-16)11-4-2-1-3-5-11/h1-5,7,9-10H,6,8H2/b16-15-. The molecule has 2 aliphatic rings. The summed E-state index contributed by atoms with van der Waals surface area (Å²) in [4.78, 5) is 16.5. The number of carbonyl (C=O) groups excluding carboxylic acids is 1. The van der Waals surface area contributed by atoms with E-state index in [-0.39, 0.29) is 5.82 Å². The van der Waals surface area contributed by atoms with Crippen LogP contribution in [0.15, 0.2) is 59.2 Å². The fourth-order valence-electron chi connectivity index (χ4n) is 2.90. The summed E-state index contributed by atoms with van der Waals surface area (Å²) in [6.07, 6.45) is 1.39. The van der Waals surface area contributed by atoms with Gasteiger partial charge in [0.1, 0.15) is 5.82 Å². The molecule has 4 heteroatoms. The van der Waals surface area contributed by atoms with Crippen LogP contribution in [0.2, 0.25) is 0 Å². The van der Waals surface area contributed by atoms with Gasteiger partial charge in [-0.1, -0.05) is 24.3 Å². The Hall–Kier alpha value is -2.75. The molecule has 3 nitrogen and oxygen atoms in total. The number of fused-ring (bicyclic) bond motifs is 1. The van der Waals surface area contributed by atoms with Gasteiger partial charge < -0.3 is 4.74 Å². The second-order valence-electron chi connectivity index (χ2n) is 5.30. The number of aryl methyl sites for hydroxylation is 1. The maximum absolute atomic E-state index is 13.3. The number of carbonyl (C=O) groups is 1. The van der Waals surface area contributed by atoms with Crippen LogP contribution in [-0.4, -0.2) is 11.9 Å². The van der Waals surface area contributed by atoms with Crippen LogP contribution in [0.3, 0.4) is 0 Å². The number of hydrogen-bond donors (Lipinski definition) is 0. The van der Waals surface area contributed by atoms with Gasteiger partial charge >= 0.3 is 5.97 Å². The van der Waals surface area contributed by atoms with Gasteiger partial charge in [0.05, 0.1) is 0 Å². The first-order valence-corrected chi connectivity index (χ1v) is 7.10. The topological polar surface area (TPSA) is 38.7 Å². The molecule has 0 unspecified atom stereocenters. The van der Waals surface area contributed by atoms with Crippen molar-refractivity contribution in [2.75, 3.05) is 0 Å². The van der Waals surface area contributed by atoms with Gasteiger partial charge in [-0.05, 0) is 53.8 Å². The van der Waals surface area contributed by atoms with Crippen molar-refractivity contribution in [1.82, 2.24) is 0 Å². The summed E-state index contributed by atoms with van der Waals surface area (Å²) in [7, 11) is 0. The van der Waals surface area contributed by atoms with E-state index in [2.05, 4.69) is 4.99 Å². The summed E-state index contributed by atoms with van der Waals surface area (Å²) in [5, 5.41) is 0. The van der Waals surface area contributed by atoms with E-state index in [9.17, 15) is 9.18 Å². The Labute approximate surface area is 126 Å². The van der Waals surface area contributed by atoms with Gasteiger partial charge in [-0.2, -0.15) is 0 Å². The van der Waals surface area contributed by atoms with Gasteiger partial charge in [0.2, 0.25) is 5.90 Å². The minimum atomic E-state index is -0.439. The first-order chi connectivity index (χ1) is 10.7. The van der Waals surface area contributed by atoms with Crippen molar-refractivity contribution in [1.29, 1.82) is 0 Å². The van der Waals surface area contributed by atoms with Gasteiger partial charge in [0.15, 0.2) is 5.70 Å². The average molecular weight is 293 g/mol. The molecule has 0 spiro atoms. The SMILES string of the molecule is O=C1OC(c2ccccc2)=N/C1=C1/CCc2cc(F)ccc21. The van der Waals surface area contributed by atoms with Crippen molar-refractivity contribution in [3.8, 4) is 0 Å². The molecule has 2 aromatic rings. The fourth-order valence-corrected chi connectivity index (χ4v) is 2.90. The van der Waals surface area contributed by atoms with Gasteiger partial charge in [0.25, 0.3) is 0 Å². The highest BCUT2D eigenvalue weighted by Crippen LogP contribution is 2.37. The highest BCUT2D eigenvalue weighted by Gasteiger charge is 2.30. The molecule has 4 rings (SSSR count). The number of rotatable bonds is 1. The zero-order valence-corrected chi connectivity index (χ0v) is 11.7. The summed E-state index contributed by atoms with van der Waals surface area (Å²) < 4.78 is 18.6. The third-order valence-electron chi connectivity index (χ3n) is 3.94. The van der Waals surface area contributed by atoms with Crippen LogP contribution in [0.4, 0.5) is 4.39 Å². The molecule has 0 bridgehead atoms. The van der Waals surface area contributed by atoms with Gasteiger partial charge in [-0.3, -0.25) is 0 Å². The number of cyclic esters (lactones) is 1. The molecule has 0 amide bonds. The Bertz CT molecular complexity index is 837. The molecule has 0 radical (unpaired) electrons. The van der Waals surface area contributed by atoms with Crippen LogP contribution in [0.25, 0.3) is 5.57 Å². The second kappa shape index (κ2) is 4.91. The van der Waals surface area contributed by atoms with Crippen LogP contribution in [-0.2, 0) is 16.0 Å². The summed E-state index contributed by atoms with van der Waals surface area (Å²) in [5.41, 5.74) is 3.75. The van der Waals surface area contributed by atoms with Gasteiger partial charge in [0, 0.05) is 5.56 Å². The predicted octanol–water partition coefficient (Wildman–Crippen LogP) is 3.49. The zero-order valence-electron chi connectivity index (χ0n) is 11.7. The third kappa shape index (κ3) is 2.04. The van der Waals surface area contributed by atoms with E-state index in [1.807, 2.05) is 30.3 Å². The van der Waals surface area contributed by atoms with Crippen molar-refractivity contribution < 1.29 is 13.9 Å². The first kappa shape index (κ1) is 13.0. The summed E-state index contributed by atoms with van der Waals surface area (Å²) in [5.74, 6) is -0.373. The van der Waals surface area contributed by atoms with Crippen LogP contribution in [0.1, 0.15) is 23.1 Å². The maximum atomic E-state index is 13.3. The van der Waals surface area contributed by atoms with Crippen LogP contribution < -0.4 is 0 Å². The van der Waals surface area contributed by atoms with E-state index >= 15 is 0 Å². The number of nitrogens with zero attached hydrogens (tertiary/aromatic N) is 1. The number of esters is 1. The predicted molar refractivity (Wildman–Crippen MR) is 80.7 cm³/mol. The molecule has 0 atom stereocenters. The van der Waals surface area contributed by atoms with E-state index in [0.717, 1.165) is 28.7 Å². The van der Waals surface area contributed by atoms with Crippen molar-refractivity contribution >= 4 is 17.4 Å². The van der Waals surface area contributed by atoms with Gasteiger partial charge in [-0.25, -0.2) is 14.2 Å². The summed E-state index contributed by atoms with van der Waals surface area (Å²) >= 11 is 0. The first-order valence-electron chi connectivity index (χ1n) is 7.10. The van der Waals surface area contributed by atoms with Crippen molar-refractivity contribution in [3.63, 3.8) is 0 Å². The molecule has 1 heterocycles. The van der Waals surface area contributed by atoms with Crippen LogP contribution in [0.5, 0.6) is 0 Å². The minimum absolute atomic E-state index is 0.257. The zero-order chi connectivity index (χ0) is 15.1. The molecule has 1 aliphatic heterocycles. The fraction of sp³-hybridized carbons (Fsp3) is 0.111.